The van der Waals surface area contributed by atoms with Crippen LogP contribution in [0, 0.1) is 0 Å². The lowest BCUT2D eigenvalue weighted by atomic mass is 9.66. The van der Waals surface area contributed by atoms with Gasteiger partial charge < -0.3 is 4.90 Å². The van der Waals surface area contributed by atoms with Crippen molar-refractivity contribution in [2.24, 2.45) is 0 Å². The summed E-state index contributed by atoms with van der Waals surface area (Å²) in [6.45, 7) is 0. The summed E-state index contributed by atoms with van der Waals surface area (Å²) < 4.78 is 0. The van der Waals surface area contributed by atoms with Crippen molar-refractivity contribution in [3.8, 4) is 0 Å². The van der Waals surface area contributed by atoms with Gasteiger partial charge in [-0.15, -0.1) is 0 Å². The fourth-order valence-corrected chi connectivity index (χ4v) is 1.15. The first-order valence-corrected chi connectivity index (χ1v) is 3.14. The van der Waals surface area contributed by atoms with Crippen molar-refractivity contribution in [1.82, 2.24) is 4.90 Å². The van der Waals surface area contributed by atoms with Gasteiger partial charge in [-0.2, -0.15) is 0 Å². The number of hydrogen-bond acceptors (Lipinski definition) is 1. The summed E-state index contributed by atoms with van der Waals surface area (Å²) in [7, 11) is 9.86. The van der Waals surface area contributed by atoms with Crippen molar-refractivity contribution in [2.75, 3.05) is 14.1 Å². The lowest BCUT2D eigenvalue weighted by Gasteiger charge is -2.39. The first-order chi connectivity index (χ1) is 3.72. The quantitative estimate of drug-likeness (QED) is 0.447. The SMILES string of the molecule is [B][C@H]1CC[C@H]1N(C)C. The summed E-state index contributed by atoms with van der Waals surface area (Å²) in [4.78, 5) is 2.20. The summed E-state index contributed by atoms with van der Waals surface area (Å²) >= 11 is 0. The predicted octanol–water partition coefficient (Wildman–Crippen LogP) is 0.667. The minimum atomic E-state index is 0.449. The Labute approximate surface area is 52.5 Å². The largest absolute Gasteiger partial charge is 0.307 e. The molecule has 1 fully saturated rings. The Kier molecular flexibility index (Phi) is 1.61. The first-order valence-electron chi connectivity index (χ1n) is 3.14. The van der Waals surface area contributed by atoms with Gasteiger partial charge in [0, 0.05) is 6.04 Å². The number of hydrogen-bond donors (Lipinski definition) is 0. The van der Waals surface area contributed by atoms with Gasteiger partial charge in [-0.1, -0.05) is 12.2 Å². The Morgan fingerprint density at radius 2 is 2.00 bits per heavy atom. The highest BCUT2D eigenvalue weighted by atomic mass is 15.1. The average Bonchev–Trinajstić information content (AvgIpc) is 1.61. The van der Waals surface area contributed by atoms with Crippen LogP contribution in [0.15, 0.2) is 0 Å². The van der Waals surface area contributed by atoms with E-state index in [1.165, 1.54) is 12.8 Å². The van der Waals surface area contributed by atoms with Gasteiger partial charge in [-0.3, -0.25) is 0 Å². The summed E-state index contributed by atoms with van der Waals surface area (Å²) in [6.07, 6.45) is 2.50. The predicted molar refractivity (Wildman–Crippen MR) is 36.2 cm³/mol. The lowest BCUT2D eigenvalue weighted by Crippen LogP contribution is -2.39. The van der Waals surface area contributed by atoms with Crippen molar-refractivity contribution >= 4 is 7.85 Å². The highest BCUT2D eigenvalue weighted by molar-refractivity contribution is 6.12. The van der Waals surface area contributed by atoms with Crippen molar-refractivity contribution in [1.29, 1.82) is 0 Å². The van der Waals surface area contributed by atoms with Crippen LogP contribution < -0.4 is 0 Å². The molecule has 0 N–H and O–H groups in total. The van der Waals surface area contributed by atoms with Gasteiger partial charge in [0.05, 0.1) is 7.85 Å². The normalized spacial score (nSPS) is 37.4. The average molecular weight is 109 g/mol. The fraction of sp³-hybridized carbons (Fsp3) is 1.00. The van der Waals surface area contributed by atoms with Crippen LogP contribution in [0.4, 0.5) is 0 Å². The van der Waals surface area contributed by atoms with Gasteiger partial charge in [-0.25, -0.2) is 0 Å². The van der Waals surface area contributed by atoms with Crippen molar-refractivity contribution < 1.29 is 0 Å². The van der Waals surface area contributed by atoms with E-state index < -0.39 is 0 Å². The second-order valence-electron chi connectivity index (χ2n) is 2.77. The van der Waals surface area contributed by atoms with E-state index in [-0.39, 0.29) is 0 Å². The van der Waals surface area contributed by atoms with Gasteiger partial charge in [0.25, 0.3) is 0 Å². The van der Waals surface area contributed by atoms with Crippen LogP contribution >= 0.6 is 0 Å². The molecule has 1 saturated carbocycles. The van der Waals surface area contributed by atoms with Crippen molar-refractivity contribution in [3.05, 3.63) is 0 Å². The summed E-state index contributed by atoms with van der Waals surface area (Å²) in [5, 5.41) is 0. The molecule has 2 heteroatoms. The molecule has 0 aromatic heterocycles. The molecular weight excluding hydrogens is 96.9 g/mol. The molecule has 0 amide bonds. The maximum absolute atomic E-state index is 5.68. The van der Waals surface area contributed by atoms with Crippen LogP contribution in [0.25, 0.3) is 0 Å². The highest BCUT2D eigenvalue weighted by Crippen LogP contribution is 2.32. The molecule has 0 bridgehead atoms. The second kappa shape index (κ2) is 2.10. The highest BCUT2D eigenvalue weighted by Gasteiger charge is 2.27. The fourth-order valence-electron chi connectivity index (χ4n) is 1.15. The molecular formula is C6H12BN. The Balaban J connectivity index is 2.26. The minimum absolute atomic E-state index is 0.449. The Morgan fingerprint density at radius 1 is 1.38 bits per heavy atom. The van der Waals surface area contributed by atoms with E-state index in [1.807, 2.05) is 0 Å². The molecule has 8 heavy (non-hydrogen) atoms. The topological polar surface area (TPSA) is 3.24 Å². The van der Waals surface area contributed by atoms with E-state index in [0.717, 1.165) is 0 Å². The smallest absolute Gasteiger partial charge is 0.0720 e. The molecule has 1 aliphatic carbocycles. The van der Waals surface area contributed by atoms with E-state index in [4.69, 9.17) is 7.85 Å². The Hall–Kier alpha value is 0.0249. The lowest BCUT2D eigenvalue weighted by molar-refractivity contribution is 0.195. The van der Waals surface area contributed by atoms with Crippen LogP contribution in [0.1, 0.15) is 12.8 Å². The van der Waals surface area contributed by atoms with Crippen LogP contribution in [0.2, 0.25) is 5.82 Å². The van der Waals surface area contributed by atoms with Crippen LogP contribution in [0.5, 0.6) is 0 Å². The molecule has 1 nitrogen and oxygen atoms in total. The molecule has 0 saturated heterocycles. The first kappa shape index (κ1) is 6.15. The molecule has 1 rings (SSSR count). The minimum Gasteiger partial charge on any atom is -0.307 e. The van der Waals surface area contributed by atoms with E-state index >= 15 is 0 Å². The third-order valence-electron chi connectivity index (χ3n) is 1.95. The second-order valence-corrected chi connectivity index (χ2v) is 2.77. The van der Waals surface area contributed by atoms with E-state index in [1.54, 1.807) is 0 Å². The molecule has 2 atom stereocenters. The maximum atomic E-state index is 5.68. The monoisotopic (exact) mass is 109 g/mol. The molecule has 0 unspecified atom stereocenters. The molecule has 1 aliphatic rings. The summed E-state index contributed by atoms with van der Waals surface area (Å²) in [5.41, 5.74) is 0. The van der Waals surface area contributed by atoms with Crippen LogP contribution in [-0.2, 0) is 0 Å². The summed E-state index contributed by atoms with van der Waals surface area (Å²) in [6, 6.07) is 0.662. The third-order valence-corrected chi connectivity index (χ3v) is 1.95. The van der Waals surface area contributed by atoms with E-state index in [0.29, 0.717) is 11.9 Å². The molecule has 0 spiro atoms. The molecule has 2 radical (unpaired) electrons. The zero-order valence-electron chi connectivity index (χ0n) is 5.59. The third kappa shape index (κ3) is 0.897. The number of rotatable bonds is 1. The van der Waals surface area contributed by atoms with Crippen molar-refractivity contribution in [2.45, 2.75) is 24.7 Å². The van der Waals surface area contributed by atoms with Gasteiger partial charge in [0.15, 0.2) is 0 Å². The van der Waals surface area contributed by atoms with Gasteiger partial charge in [0.2, 0.25) is 0 Å². The van der Waals surface area contributed by atoms with Gasteiger partial charge >= 0.3 is 0 Å². The van der Waals surface area contributed by atoms with Gasteiger partial charge in [0.1, 0.15) is 0 Å². The van der Waals surface area contributed by atoms with Crippen LogP contribution in [-0.4, -0.2) is 32.9 Å². The van der Waals surface area contributed by atoms with Crippen LogP contribution in [0.3, 0.4) is 0 Å². The van der Waals surface area contributed by atoms with Gasteiger partial charge in [-0.05, 0) is 20.5 Å². The number of nitrogens with zero attached hydrogens (tertiary/aromatic N) is 1. The zero-order chi connectivity index (χ0) is 6.15. The van der Waals surface area contributed by atoms with Crippen molar-refractivity contribution in [3.63, 3.8) is 0 Å². The molecule has 0 aromatic carbocycles. The summed E-state index contributed by atoms with van der Waals surface area (Å²) in [5.74, 6) is 0.449. The maximum Gasteiger partial charge on any atom is 0.0720 e. The Bertz CT molecular complexity index is 77.8. The molecule has 0 heterocycles. The molecule has 44 valence electrons. The molecule has 0 aromatic rings. The van der Waals surface area contributed by atoms with E-state index in [9.17, 15) is 0 Å². The standard InChI is InChI=1S/C6H12BN/c1-8(2)6-4-3-5(6)7/h5-6H,3-4H2,1-2H3/t5-,6+/m0/s1. The Morgan fingerprint density at radius 3 is 2.00 bits per heavy atom. The van der Waals surface area contributed by atoms with E-state index in [2.05, 4.69) is 19.0 Å². The zero-order valence-corrected chi connectivity index (χ0v) is 5.59. The molecule has 0 aliphatic heterocycles.